The second-order valence-corrected chi connectivity index (χ2v) is 6.99. The number of halogens is 2. The molecular weight excluding hydrogens is 348 g/mol. The standard InChI is InChI=1S/C22H25F2NO2/c1-5-22(23,24)21(4,27)19-13-11-18(12-14-19)20(26)25(16(2)3)15-17-9-7-6-8-10-17/h5-14,16,27H,1,15H2,2-4H3. The fourth-order valence-corrected chi connectivity index (χ4v) is 2.76. The quantitative estimate of drug-likeness (QED) is 0.711. The van der Waals surface area contributed by atoms with Gasteiger partial charge < -0.3 is 10.0 Å². The summed E-state index contributed by atoms with van der Waals surface area (Å²) < 4.78 is 27.8. The van der Waals surface area contributed by atoms with Gasteiger partial charge in [0.15, 0.2) is 5.60 Å². The smallest absolute Gasteiger partial charge is 0.298 e. The van der Waals surface area contributed by atoms with Crippen molar-refractivity contribution in [1.29, 1.82) is 0 Å². The Morgan fingerprint density at radius 2 is 1.70 bits per heavy atom. The number of carbonyl (C=O) groups is 1. The molecule has 0 aliphatic rings. The third kappa shape index (κ3) is 4.42. The lowest BCUT2D eigenvalue weighted by Crippen LogP contribution is -2.41. The monoisotopic (exact) mass is 373 g/mol. The Morgan fingerprint density at radius 1 is 1.15 bits per heavy atom. The summed E-state index contributed by atoms with van der Waals surface area (Å²) in [7, 11) is 0. The first-order chi connectivity index (χ1) is 12.6. The third-order valence-electron chi connectivity index (χ3n) is 4.68. The second kappa shape index (κ2) is 8.01. The van der Waals surface area contributed by atoms with Gasteiger partial charge in [0.25, 0.3) is 11.8 Å². The Hall–Kier alpha value is -2.53. The van der Waals surface area contributed by atoms with Crippen molar-refractivity contribution in [2.75, 3.05) is 0 Å². The van der Waals surface area contributed by atoms with E-state index in [4.69, 9.17) is 0 Å². The van der Waals surface area contributed by atoms with Gasteiger partial charge in [0.05, 0.1) is 0 Å². The van der Waals surface area contributed by atoms with Crippen LogP contribution in [0.15, 0.2) is 67.3 Å². The van der Waals surface area contributed by atoms with Crippen molar-refractivity contribution in [3.8, 4) is 0 Å². The molecule has 0 bridgehead atoms. The Bertz CT molecular complexity index is 784. The highest BCUT2D eigenvalue weighted by Gasteiger charge is 2.47. The van der Waals surface area contributed by atoms with Crippen LogP contribution >= 0.6 is 0 Å². The topological polar surface area (TPSA) is 40.5 Å². The summed E-state index contributed by atoms with van der Waals surface area (Å²) in [6, 6.07) is 15.2. The molecule has 3 nitrogen and oxygen atoms in total. The first kappa shape index (κ1) is 20.8. The van der Waals surface area contributed by atoms with Crippen molar-refractivity contribution in [2.45, 2.75) is 44.9 Å². The summed E-state index contributed by atoms with van der Waals surface area (Å²) in [6.45, 7) is 8.40. The number of hydrogen-bond donors (Lipinski definition) is 1. The average Bonchev–Trinajstić information content (AvgIpc) is 2.66. The molecule has 27 heavy (non-hydrogen) atoms. The van der Waals surface area contributed by atoms with Crippen LogP contribution in [0.1, 0.15) is 42.3 Å². The second-order valence-electron chi connectivity index (χ2n) is 6.99. The Morgan fingerprint density at radius 3 is 2.19 bits per heavy atom. The maximum absolute atomic E-state index is 13.9. The van der Waals surface area contributed by atoms with Crippen LogP contribution in [-0.2, 0) is 12.1 Å². The number of nitrogens with zero attached hydrogens (tertiary/aromatic N) is 1. The fraction of sp³-hybridized carbons (Fsp3) is 0.318. The van der Waals surface area contributed by atoms with Crippen molar-refractivity contribution < 1.29 is 18.7 Å². The summed E-state index contributed by atoms with van der Waals surface area (Å²) >= 11 is 0. The Labute approximate surface area is 158 Å². The van der Waals surface area contributed by atoms with E-state index < -0.39 is 11.5 Å². The van der Waals surface area contributed by atoms with Crippen LogP contribution < -0.4 is 0 Å². The molecule has 1 N–H and O–H groups in total. The predicted octanol–water partition coefficient (Wildman–Crippen LogP) is 4.77. The van der Waals surface area contributed by atoms with E-state index in [2.05, 4.69) is 6.58 Å². The average molecular weight is 373 g/mol. The van der Waals surface area contributed by atoms with Crippen LogP contribution in [0.25, 0.3) is 0 Å². The van der Waals surface area contributed by atoms with Crippen LogP contribution in [0.4, 0.5) is 8.78 Å². The zero-order chi connectivity index (χ0) is 20.2. The molecule has 0 radical (unpaired) electrons. The highest BCUT2D eigenvalue weighted by molar-refractivity contribution is 5.94. The minimum absolute atomic E-state index is 0.0168. The number of carbonyl (C=O) groups excluding carboxylic acids is 1. The molecule has 5 heteroatoms. The van der Waals surface area contributed by atoms with Gasteiger partial charge in [0.2, 0.25) is 0 Å². The number of alkyl halides is 2. The lowest BCUT2D eigenvalue weighted by molar-refractivity contribution is -0.144. The predicted molar refractivity (Wildman–Crippen MR) is 103 cm³/mol. The molecule has 2 aromatic carbocycles. The minimum Gasteiger partial charge on any atom is -0.379 e. The van der Waals surface area contributed by atoms with E-state index >= 15 is 0 Å². The largest absolute Gasteiger partial charge is 0.379 e. The van der Waals surface area contributed by atoms with E-state index in [0.29, 0.717) is 18.2 Å². The number of hydrogen-bond acceptors (Lipinski definition) is 2. The van der Waals surface area contributed by atoms with E-state index in [-0.39, 0.29) is 17.5 Å². The van der Waals surface area contributed by atoms with Gasteiger partial charge in [-0.3, -0.25) is 4.79 Å². The van der Waals surface area contributed by atoms with Gasteiger partial charge in [-0.25, -0.2) is 0 Å². The van der Waals surface area contributed by atoms with Crippen LogP contribution in [0.3, 0.4) is 0 Å². The van der Waals surface area contributed by atoms with E-state index in [9.17, 15) is 18.7 Å². The normalized spacial score (nSPS) is 13.9. The summed E-state index contributed by atoms with van der Waals surface area (Å²) in [4.78, 5) is 14.6. The molecule has 2 rings (SSSR count). The maximum Gasteiger partial charge on any atom is 0.298 e. The Balaban J connectivity index is 2.26. The van der Waals surface area contributed by atoms with E-state index in [1.54, 1.807) is 4.90 Å². The van der Waals surface area contributed by atoms with Crippen molar-refractivity contribution in [2.24, 2.45) is 0 Å². The maximum atomic E-state index is 13.9. The molecule has 0 aliphatic heterocycles. The highest BCUT2D eigenvalue weighted by atomic mass is 19.3. The van der Waals surface area contributed by atoms with Crippen molar-refractivity contribution in [3.05, 3.63) is 83.9 Å². The summed E-state index contributed by atoms with van der Waals surface area (Å²) in [6.07, 6.45) is 0.423. The van der Waals surface area contributed by atoms with Gasteiger partial charge in [-0.05, 0) is 50.1 Å². The van der Waals surface area contributed by atoms with Gasteiger partial charge in [0, 0.05) is 18.2 Å². The van der Waals surface area contributed by atoms with Crippen molar-refractivity contribution >= 4 is 5.91 Å². The van der Waals surface area contributed by atoms with E-state index in [1.807, 2.05) is 44.2 Å². The molecule has 0 aliphatic carbocycles. The highest BCUT2D eigenvalue weighted by Crippen LogP contribution is 2.38. The van der Waals surface area contributed by atoms with Gasteiger partial charge in [0.1, 0.15) is 0 Å². The zero-order valence-electron chi connectivity index (χ0n) is 15.8. The Kier molecular flexibility index (Phi) is 6.16. The zero-order valence-corrected chi connectivity index (χ0v) is 15.8. The lowest BCUT2D eigenvalue weighted by Gasteiger charge is -2.31. The molecule has 0 spiro atoms. The van der Waals surface area contributed by atoms with E-state index in [1.165, 1.54) is 24.3 Å². The van der Waals surface area contributed by atoms with Crippen LogP contribution in [0.2, 0.25) is 0 Å². The molecule has 0 saturated carbocycles. The SMILES string of the molecule is C=CC(F)(F)C(C)(O)c1ccc(C(=O)N(Cc2ccccc2)C(C)C)cc1. The van der Waals surface area contributed by atoms with Crippen molar-refractivity contribution in [3.63, 3.8) is 0 Å². The molecule has 0 fully saturated rings. The van der Waals surface area contributed by atoms with Gasteiger partial charge >= 0.3 is 0 Å². The van der Waals surface area contributed by atoms with E-state index in [0.717, 1.165) is 12.5 Å². The van der Waals surface area contributed by atoms with Crippen LogP contribution in [0, 0.1) is 0 Å². The summed E-state index contributed by atoms with van der Waals surface area (Å²) in [5.41, 5.74) is -1.01. The first-order valence-corrected chi connectivity index (χ1v) is 8.79. The summed E-state index contributed by atoms with van der Waals surface area (Å²) in [5.74, 6) is -3.69. The molecule has 1 amide bonds. The molecule has 144 valence electrons. The number of aliphatic hydroxyl groups is 1. The third-order valence-corrected chi connectivity index (χ3v) is 4.68. The molecule has 0 heterocycles. The molecule has 2 aromatic rings. The lowest BCUT2D eigenvalue weighted by atomic mass is 9.88. The number of rotatable bonds is 7. The van der Waals surface area contributed by atoms with Crippen LogP contribution in [-0.4, -0.2) is 27.9 Å². The van der Waals surface area contributed by atoms with Crippen LogP contribution in [0.5, 0.6) is 0 Å². The molecule has 1 atom stereocenters. The first-order valence-electron chi connectivity index (χ1n) is 8.79. The number of benzene rings is 2. The van der Waals surface area contributed by atoms with Gasteiger partial charge in [-0.15, -0.1) is 0 Å². The minimum atomic E-state index is -3.49. The molecule has 0 aromatic heterocycles. The van der Waals surface area contributed by atoms with Crippen molar-refractivity contribution in [1.82, 2.24) is 4.90 Å². The summed E-state index contributed by atoms with van der Waals surface area (Å²) in [5, 5.41) is 10.2. The van der Waals surface area contributed by atoms with Gasteiger partial charge in [-0.1, -0.05) is 49.0 Å². The molecule has 0 saturated heterocycles. The number of amides is 1. The van der Waals surface area contributed by atoms with Gasteiger partial charge in [-0.2, -0.15) is 8.78 Å². The molecular formula is C22H25F2NO2. The fourth-order valence-electron chi connectivity index (χ4n) is 2.76. The molecule has 1 unspecified atom stereocenters.